The SMILES string of the molecule is CN1N=CCC1c1ccsc1. The van der Waals surface area contributed by atoms with E-state index in [1.165, 1.54) is 5.56 Å². The van der Waals surface area contributed by atoms with Gasteiger partial charge in [0.1, 0.15) is 0 Å². The Bertz CT molecular complexity index is 253. The Morgan fingerprint density at radius 2 is 2.64 bits per heavy atom. The molecule has 0 spiro atoms. The van der Waals surface area contributed by atoms with Crippen LogP contribution in [0.2, 0.25) is 0 Å². The van der Waals surface area contributed by atoms with E-state index in [9.17, 15) is 0 Å². The van der Waals surface area contributed by atoms with Gasteiger partial charge in [-0.2, -0.15) is 16.4 Å². The van der Waals surface area contributed by atoms with Crippen molar-refractivity contribution in [2.24, 2.45) is 5.10 Å². The van der Waals surface area contributed by atoms with E-state index >= 15 is 0 Å². The molecule has 2 nitrogen and oxygen atoms in total. The highest BCUT2D eigenvalue weighted by Crippen LogP contribution is 2.27. The third kappa shape index (κ3) is 1.16. The van der Waals surface area contributed by atoms with Crippen LogP contribution in [0.1, 0.15) is 18.0 Å². The molecular formula is C8H10N2S. The Balaban J connectivity index is 2.19. The largest absolute Gasteiger partial charge is 0.293 e. The van der Waals surface area contributed by atoms with E-state index in [1.54, 1.807) is 11.3 Å². The first kappa shape index (κ1) is 6.85. The van der Waals surface area contributed by atoms with Gasteiger partial charge in [0, 0.05) is 19.7 Å². The van der Waals surface area contributed by atoms with Gasteiger partial charge < -0.3 is 0 Å². The Labute approximate surface area is 70.2 Å². The van der Waals surface area contributed by atoms with Crippen molar-refractivity contribution in [2.75, 3.05) is 7.05 Å². The number of hydrogen-bond donors (Lipinski definition) is 0. The molecule has 0 bridgehead atoms. The molecule has 0 saturated heterocycles. The van der Waals surface area contributed by atoms with Gasteiger partial charge in [-0.1, -0.05) is 0 Å². The van der Waals surface area contributed by atoms with Gasteiger partial charge in [-0.05, 0) is 22.4 Å². The van der Waals surface area contributed by atoms with E-state index in [1.807, 2.05) is 18.3 Å². The van der Waals surface area contributed by atoms with Gasteiger partial charge in [0.25, 0.3) is 0 Å². The lowest BCUT2D eigenvalue weighted by atomic mass is 10.1. The molecule has 3 heteroatoms. The molecule has 0 N–H and O–H groups in total. The van der Waals surface area contributed by atoms with Crippen molar-refractivity contribution >= 4 is 17.6 Å². The van der Waals surface area contributed by atoms with Crippen molar-refractivity contribution in [3.63, 3.8) is 0 Å². The van der Waals surface area contributed by atoms with Crippen molar-refractivity contribution in [3.8, 4) is 0 Å². The van der Waals surface area contributed by atoms with Gasteiger partial charge in [-0.3, -0.25) is 5.01 Å². The number of thiophene rings is 1. The molecular weight excluding hydrogens is 156 g/mol. The van der Waals surface area contributed by atoms with Gasteiger partial charge in [-0.25, -0.2) is 0 Å². The fraction of sp³-hybridized carbons (Fsp3) is 0.375. The van der Waals surface area contributed by atoms with Crippen LogP contribution in [0.15, 0.2) is 21.9 Å². The summed E-state index contributed by atoms with van der Waals surface area (Å²) < 4.78 is 0. The average Bonchev–Trinajstić information content (AvgIpc) is 2.55. The summed E-state index contributed by atoms with van der Waals surface area (Å²) in [6.45, 7) is 0. The summed E-state index contributed by atoms with van der Waals surface area (Å²) in [6.07, 6.45) is 3.02. The molecule has 0 radical (unpaired) electrons. The summed E-state index contributed by atoms with van der Waals surface area (Å²) in [5.41, 5.74) is 1.38. The lowest BCUT2D eigenvalue weighted by Crippen LogP contribution is -2.12. The maximum Gasteiger partial charge on any atom is 0.0774 e. The summed E-state index contributed by atoms with van der Waals surface area (Å²) in [6, 6.07) is 2.65. The molecule has 0 fully saturated rings. The number of nitrogens with zero attached hydrogens (tertiary/aromatic N) is 2. The summed E-state index contributed by atoms with van der Waals surface area (Å²) >= 11 is 1.75. The fourth-order valence-electron chi connectivity index (χ4n) is 1.33. The van der Waals surface area contributed by atoms with Gasteiger partial charge in [0.15, 0.2) is 0 Å². The number of hydrazone groups is 1. The highest BCUT2D eigenvalue weighted by molar-refractivity contribution is 7.07. The van der Waals surface area contributed by atoms with Crippen LogP contribution in [0.4, 0.5) is 0 Å². The van der Waals surface area contributed by atoms with Gasteiger partial charge >= 0.3 is 0 Å². The van der Waals surface area contributed by atoms with Gasteiger partial charge in [0.2, 0.25) is 0 Å². The minimum Gasteiger partial charge on any atom is -0.293 e. The molecule has 58 valence electrons. The highest BCUT2D eigenvalue weighted by Gasteiger charge is 2.18. The standard InChI is InChI=1S/C8H10N2S/c1-10-8(2-4-9-10)7-3-5-11-6-7/h3-6,8H,2H2,1H3. The minimum atomic E-state index is 0.487. The van der Waals surface area contributed by atoms with Crippen molar-refractivity contribution < 1.29 is 0 Å². The summed E-state index contributed by atoms with van der Waals surface area (Å²) in [5, 5.41) is 10.5. The second kappa shape index (κ2) is 2.66. The Kier molecular flexibility index (Phi) is 1.66. The molecule has 0 amide bonds. The monoisotopic (exact) mass is 166 g/mol. The second-order valence-corrected chi connectivity index (χ2v) is 3.46. The molecule has 0 aromatic carbocycles. The van der Waals surface area contributed by atoms with Crippen LogP contribution in [0.25, 0.3) is 0 Å². The zero-order valence-electron chi connectivity index (χ0n) is 6.40. The van der Waals surface area contributed by atoms with Crippen molar-refractivity contribution in [1.29, 1.82) is 0 Å². The molecule has 1 aliphatic rings. The van der Waals surface area contributed by atoms with Crippen molar-refractivity contribution in [3.05, 3.63) is 22.4 Å². The molecule has 1 aliphatic heterocycles. The average molecular weight is 166 g/mol. The number of hydrogen-bond acceptors (Lipinski definition) is 3. The first-order chi connectivity index (χ1) is 5.38. The summed E-state index contributed by atoms with van der Waals surface area (Å²) in [5.74, 6) is 0. The van der Waals surface area contributed by atoms with Crippen LogP contribution in [0.5, 0.6) is 0 Å². The maximum atomic E-state index is 4.19. The third-order valence-electron chi connectivity index (χ3n) is 1.97. The molecule has 1 unspecified atom stereocenters. The fourth-order valence-corrected chi connectivity index (χ4v) is 2.03. The van der Waals surface area contributed by atoms with E-state index < -0.39 is 0 Å². The van der Waals surface area contributed by atoms with Crippen LogP contribution in [-0.4, -0.2) is 18.3 Å². The molecule has 1 aromatic rings. The third-order valence-corrected chi connectivity index (χ3v) is 2.67. The van der Waals surface area contributed by atoms with E-state index in [-0.39, 0.29) is 0 Å². The Morgan fingerprint density at radius 3 is 3.18 bits per heavy atom. The van der Waals surface area contributed by atoms with E-state index in [0.29, 0.717) is 6.04 Å². The summed E-state index contributed by atoms with van der Waals surface area (Å²) in [4.78, 5) is 0. The lowest BCUT2D eigenvalue weighted by Gasteiger charge is -2.17. The predicted molar refractivity (Wildman–Crippen MR) is 47.9 cm³/mol. The van der Waals surface area contributed by atoms with Gasteiger partial charge in [0.05, 0.1) is 6.04 Å². The minimum absolute atomic E-state index is 0.487. The first-order valence-electron chi connectivity index (χ1n) is 3.65. The van der Waals surface area contributed by atoms with E-state index in [4.69, 9.17) is 0 Å². The maximum absolute atomic E-state index is 4.19. The van der Waals surface area contributed by atoms with E-state index in [2.05, 4.69) is 21.9 Å². The topological polar surface area (TPSA) is 15.6 Å². The highest BCUT2D eigenvalue weighted by atomic mass is 32.1. The first-order valence-corrected chi connectivity index (χ1v) is 4.59. The van der Waals surface area contributed by atoms with Crippen LogP contribution < -0.4 is 0 Å². The van der Waals surface area contributed by atoms with Crippen molar-refractivity contribution in [1.82, 2.24) is 5.01 Å². The van der Waals surface area contributed by atoms with Crippen molar-refractivity contribution in [2.45, 2.75) is 12.5 Å². The molecule has 0 saturated carbocycles. The zero-order chi connectivity index (χ0) is 7.68. The smallest absolute Gasteiger partial charge is 0.0774 e. The molecule has 0 aliphatic carbocycles. The normalized spacial score (nSPS) is 23.0. The predicted octanol–water partition coefficient (Wildman–Crippen LogP) is 2.11. The molecule has 2 rings (SSSR count). The Morgan fingerprint density at radius 1 is 1.73 bits per heavy atom. The van der Waals surface area contributed by atoms with Gasteiger partial charge in [-0.15, -0.1) is 0 Å². The molecule has 1 aromatic heterocycles. The summed E-state index contributed by atoms with van der Waals surface area (Å²) in [7, 11) is 2.02. The van der Waals surface area contributed by atoms with Crippen LogP contribution in [0.3, 0.4) is 0 Å². The quantitative estimate of drug-likeness (QED) is 0.624. The molecule has 1 atom stereocenters. The second-order valence-electron chi connectivity index (χ2n) is 2.68. The van der Waals surface area contributed by atoms with Crippen LogP contribution in [0, 0.1) is 0 Å². The number of rotatable bonds is 1. The molecule has 2 heterocycles. The zero-order valence-corrected chi connectivity index (χ0v) is 7.21. The Hall–Kier alpha value is -0.830. The van der Waals surface area contributed by atoms with Crippen LogP contribution in [-0.2, 0) is 0 Å². The molecule has 11 heavy (non-hydrogen) atoms. The van der Waals surface area contributed by atoms with Crippen LogP contribution >= 0.6 is 11.3 Å². The van der Waals surface area contributed by atoms with E-state index in [0.717, 1.165) is 6.42 Å². The lowest BCUT2D eigenvalue weighted by molar-refractivity contribution is 0.290.